The maximum absolute atomic E-state index is 13.4. The molecule has 22 heavy (non-hydrogen) atoms. The smallest absolute Gasteiger partial charge is 0.315 e. The molecule has 0 spiro atoms. The molecule has 1 atom stereocenters. The average Bonchev–Trinajstić information content (AvgIpc) is 2.87. The number of carbonyl (C=O) groups excluding carboxylic acids is 1. The standard InChI is InChI=1S/C16H17F3N2O/c17-13-8-16(6-12(13)7-16)21-15(22)20-9-11-3-1-2-10(4-11)5-14(18)19/h1-5,12-13H,6-9H2,(H2,20,21,22). The van der Waals surface area contributed by atoms with E-state index in [1.54, 1.807) is 24.3 Å². The Bertz CT molecular complexity index is 607. The van der Waals surface area contributed by atoms with Gasteiger partial charge in [-0.3, -0.25) is 0 Å². The number of hydrogen-bond acceptors (Lipinski definition) is 1. The quantitative estimate of drug-likeness (QED) is 0.876. The molecule has 3 fully saturated rings. The van der Waals surface area contributed by atoms with Gasteiger partial charge in [-0.15, -0.1) is 0 Å². The van der Waals surface area contributed by atoms with Gasteiger partial charge in [0.15, 0.2) is 0 Å². The fourth-order valence-electron chi connectivity index (χ4n) is 3.45. The summed E-state index contributed by atoms with van der Waals surface area (Å²) in [7, 11) is 0. The Morgan fingerprint density at radius 3 is 2.73 bits per heavy atom. The molecule has 1 unspecified atom stereocenters. The minimum atomic E-state index is -1.76. The molecule has 0 saturated heterocycles. The summed E-state index contributed by atoms with van der Waals surface area (Å²) in [5, 5.41) is 5.54. The molecule has 2 amide bonds. The van der Waals surface area contributed by atoms with Crippen molar-refractivity contribution in [1.29, 1.82) is 0 Å². The monoisotopic (exact) mass is 310 g/mol. The van der Waals surface area contributed by atoms with E-state index in [0.717, 1.165) is 11.6 Å². The molecule has 3 aliphatic rings. The van der Waals surface area contributed by atoms with Crippen molar-refractivity contribution in [3.8, 4) is 0 Å². The second-order valence-corrected chi connectivity index (χ2v) is 6.16. The molecule has 6 heteroatoms. The average molecular weight is 310 g/mol. The number of benzene rings is 1. The van der Waals surface area contributed by atoms with Crippen LogP contribution in [-0.4, -0.2) is 17.7 Å². The van der Waals surface area contributed by atoms with E-state index >= 15 is 0 Å². The van der Waals surface area contributed by atoms with E-state index in [1.165, 1.54) is 0 Å². The lowest BCUT2D eigenvalue weighted by atomic mass is 9.77. The van der Waals surface area contributed by atoms with Gasteiger partial charge >= 0.3 is 6.03 Å². The van der Waals surface area contributed by atoms with Gasteiger partial charge in [0.05, 0.1) is 0 Å². The molecule has 3 aliphatic carbocycles. The molecule has 118 valence electrons. The number of carbonyl (C=O) groups is 1. The molecule has 0 aliphatic heterocycles. The van der Waals surface area contributed by atoms with Gasteiger partial charge in [-0.05, 0) is 36.0 Å². The number of fused-ring (bicyclic) bond motifs is 1. The van der Waals surface area contributed by atoms with Crippen LogP contribution in [0.3, 0.4) is 0 Å². The third kappa shape index (κ3) is 3.10. The molecule has 0 heterocycles. The SMILES string of the molecule is O=C(NCc1cccc(C=C(F)F)c1)NC12CC(F)C(C1)C2. The van der Waals surface area contributed by atoms with Crippen molar-refractivity contribution in [1.82, 2.24) is 10.6 Å². The second kappa shape index (κ2) is 5.66. The van der Waals surface area contributed by atoms with Crippen LogP contribution < -0.4 is 10.6 Å². The van der Waals surface area contributed by atoms with Crippen molar-refractivity contribution in [2.45, 2.75) is 37.5 Å². The van der Waals surface area contributed by atoms with Crippen LogP contribution in [0.2, 0.25) is 0 Å². The maximum atomic E-state index is 13.4. The first-order chi connectivity index (χ1) is 10.5. The van der Waals surface area contributed by atoms with E-state index in [-0.39, 0.29) is 24.0 Å². The fraction of sp³-hybridized carbons (Fsp3) is 0.438. The highest BCUT2D eigenvalue weighted by atomic mass is 19.3. The molecule has 1 aromatic carbocycles. The maximum Gasteiger partial charge on any atom is 0.315 e. The summed E-state index contributed by atoms with van der Waals surface area (Å²) >= 11 is 0. The Morgan fingerprint density at radius 1 is 1.32 bits per heavy atom. The van der Waals surface area contributed by atoms with Crippen LogP contribution in [0.4, 0.5) is 18.0 Å². The van der Waals surface area contributed by atoms with Gasteiger partial charge in [0.1, 0.15) is 6.17 Å². The van der Waals surface area contributed by atoms with Crippen LogP contribution in [0.1, 0.15) is 30.4 Å². The zero-order chi connectivity index (χ0) is 15.7. The lowest BCUT2D eigenvalue weighted by Crippen LogP contribution is -2.54. The molecule has 4 rings (SSSR count). The predicted octanol–water partition coefficient (Wildman–Crippen LogP) is 3.61. The third-order valence-corrected chi connectivity index (χ3v) is 4.46. The van der Waals surface area contributed by atoms with E-state index in [4.69, 9.17) is 0 Å². The van der Waals surface area contributed by atoms with E-state index in [2.05, 4.69) is 10.6 Å². The Balaban J connectivity index is 1.52. The van der Waals surface area contributed by atoms with Crippen LogP contribution in [0.15, 0.2) is 30.3 Å². The number of urea groups is 1. The summed E-state index contributed by atoms with van der Waals surface area (Å²) in [6, 6.07) is 6.22. The molecule has 3 saturated carbocycles. The van der Waals surface area contributed by atoms with Gasteiger partial charge in [-0.1, -0.05) is 18.2 Å². The third-order valence-electron chi connectivity index (χ3n) is 4.46. The van der Waals surface area contributed by atoms with E-state index in [9.17, 15) is 18.0 Å². The molecule has 3 nitrogen and oxygen atoms in total. The van der Waals surface area contributed by atoms with Crippen LogP contribution in [0.5, 0.6) is 0 Å². The topological polar surface area (TPSA) is 41.1 Å². The van der Waals surface area contributed by atoms with E-state index in [1.807, 2.05) is 0 Å². The first-order valence-corrected chi connectivity index (χ1v) is 7.27. The van der Waals surface area contributed by atoms with Crippen LogP contribution in [0, 0.1) is 5.92 Å². The van der Waals surface area contributed by atoms with Crippen molar-refractivity contribution in [3.63, 3.8) is 0 Å². The Kier molecular flexibility index (Phi) is 3.85. The highest BCUT2D eigenvalue weighted by molar-refractivity contribution is 5.75. The molecular formula is C16H17F3N2O. The predicted molar refractivity (Wildman–Crippen MR) is 77.0 cm³/mol. The number of rotatable bonds is 4. The van der Waals surface area contributed by atoms with Crippen LogP contribution in [0.25, 0.3) is 6.08 Å². The van der Waals surface area contributed by atoms with E-state index < -0.39 is 12.3 Å². The van der Waals surface area contributed by atoms with Crippen molar-refractivity contribution >= 4 is 12.1 Å². The fourth-order valence-corrected chi connectivity index (χ4v) is 3.45. The zero-order valence-electron chi connectivity index (χ0n) is 11.9. The summed E-state index contributed by atoms with van der Waals surface area (Å²) in [6.07, 6.45) is 0.00998. The largest absolute Gasteiger partial charge is 0.334 e. The normalized spacial score (nSPS) is 28.7. The molecule has 1 aromatic rings. The van der Waals surface area contributed by atoms with Gasteiger partial charge in [0.25, 0.3) is 6.08 Å². The lowest BCUT2D eigenvalue weighted by molar-refractivity contribution is 0.168. The summed E-state index contributed by atoms with van der Waals surface area (Å²) in [5.41, 5.74) is 0.732. The first kappa shape index (κ1) is 14.9. The molecular weight excluding hydrogens is 293 g/mol. The van der Waals surface area contributed by atoms with Crippen molar-refractivity contribution in [2.75, 3.05) is 0 Å². The molecule has 0 aromatic heterocycles. The number of alkyl halides is 1. The lowest BCUT2D eigenvalue weighted by Gasteiger charge is -2.38. The van der Waals surface area contributed by atoms with Crippen molar-refractivity contribution < 1.29 is 18.0 Å². The summed E-state index contributed by atoms with van der Waals surface area (Å²) in [6.45, 7) is 0.236. The Hall–Kier alpha value is -1.98. The van der Waals surface area contributed by atoms with Crippen LogP contribution in [-0.2, 0) is 6.54 Å². The summed E-state index contributed by atoms with van der Waals surface area (Å²) < 4.78 is 37.9. The number of hydrogen-bond donors (Lipinski definition) is 2. The number of nitrogens with one attached hydrogen (secondary N) is 2. The summed E-state index contributed by atoms with van der Waals surface area (Å²) in [5.74, 6) is 0.0966. The Labute approximate surface area is 126 Å². The highest BCUT2D eigenvalue weighted by Gasteiger charge is 2.57. The summed E-state index contributed by atoms with van der Waals surface area (Å²) in [4.78, 5) is 11.9. The number of halogens is 3. The Morgan fingerprint density at radius 2 is 2.09 bits per heavy atom. The van der Waals surface area contributed by atoms with Crippen molar-refractivity contribution in [2.24, 2.45) is 5.92 Å². The van der Waals surface area contributed by atoms with Gasteiger partial charge in [-0.25, -0.2) is 9.18 Å². The van der Waals surface area contributed by atoms with Gasteiger partial charge in [-0.2, -0.15) is 8.78 Å². The van der Waals surface area contributed by atoms with E-state index in [0.29, 0.717) is 24.8 Å². The molecule has 2 N–H and O–H groups in total. The van der Waals surface area contributed by atoms with Crippen molar-refractivity contribution in [3.05, 3.63) is 41.5 Å². The number of amides is 2. The zero-order valence-corrected chi connectivity index (χ0v) is 11.9. The molecule has 2 bridgehead atoms. The second-order valence-electron chi connectivity index (χ2n) is 6.16. The first-order valence-electron chi connectivity index (χ1n) is 7.27. The van der Waals surface area contributed by atoms with Crippen LogP contribution >= 0.6 is 0 Å². The van der Waals surface area contributed by atoms with Gasteiger partial charge in [0.2, 0.25) is 0 Å². The molecule has 0 radical (unpaired) electrons. The van der Waals surface area contributed by atoms with Gasteiger partial charge < -0.3 is 10.6 Å². The minimum Gasteiger partial charge on any atom is -0.334 e. The highest BCUT2D eigenvalue weighted by Crippen LogP contribution is 2.53. The van der Waals surface area contributed by atoms with Gasteiger partial charge in [0, 0.05) is 24.6 Å². The minimum absolute atomic E-state index is 0.0966.